The van der Waals surface area contributed by atoms with Crippen LogP contribution in [0.4, 0.5) is 5.82 Å². The Bertz CT molecular complexity index is 1070. The van der Waals surface area contributed by atoms with E-state index in [1.165, 1.54) is 5.56 Å². The molecule has 8 heteroatoms. The summed E-state index contributed by atoms with van der Waals surface area (Å²) < 4.78 is 16.6. The van der Waals surface area contributed by atoms with Crippen LogP contribution in [0.5, 0.6) is 5.75 Å². The Morgan fingerprint density at radius 1 is 1.14 bits per heavy atom. The number of methoxy groups -OCH3 is 1. The van der Waals surface area contributed by atoms with Crippen LogP contribution in [0.1, 0.15) is 29.8 Å². The fraction of sp³-hybridized carbons (Fsp3) is 0.429. The van der Waals surface area contributed by atoms with E-state index in [-0.39, 0.29) is 18.2 Å². The lowest BCUT2D eigenvalue weighted by Gasteiger charge is -2.36. The van der Waals surface area contributed by atoms with Crippen LogP contribution in [0.25, 0.3) is 0 Å². The van der Waals surface area contributed by atoms with E-state index in [4.69, 9.17) is 14.2 Å². The molecule has 1 N–H and O–H groups in total. The quantitative estimate of drug-likeness (QED) is 0.533. The highest BCUT2D eigenvalue weighted by Gasteiger charge is 2.24. The third-order valence-corrected chi connectivity index (χ3v) is 6.25. The first-order valence-electron chi connectivity index (χ1n) is 12.4. The van der Waals surface area contributed by atoms with Crippen molar-refractivity contribution in [3.8, 4) is 5.75 Å². The number of hydrogen-bond donors (Lipinski definition) is 1. The molecular weight excluding hydrogens is 458 g/mol. The van der Waals surface area contributed by atoms with Crippen LogP contribution >= 0.6 is 0 Å². The largest absolute Gasteiger partial charge is 0.489 e. The molecule has 0 radical (unpaired) electrons. The second-order valence-electron chi connectivity index (χ2n) is 9.32. The summed E-state index contributed by atoms with van der Waals surface area (Å²) in [5.74, 6) is 1.16. The maximum Gasteiger partial charge on any atom is 0.342 e. The number of anilines is 1. The van der Waals surface area contributed by atoms with E-state index in [1.54, 1.807) is 31.5 Å². The lowest BCUT2D eigenvalue weighted by atomic mass is 10.0. The molecule has 0 spiro atoms. The summed E-state index contributed by atoms with van der Waals surface area (Å²) in [6.07, 6.45) is 6.08. The van der Waals surface area contributed by atoms with Gasteiger partial charge in [-0.15, -0.1) is 0 Å². The Balaban J connectivity index is 1.27. The van der Waals surface area contributed by atoms with Gasteiger partial charge in [0, 0.05) is 46.0 Å². The minimum Gasteiger partial charge on any atom is -0.489 e. The number of esters is 1. The van der Waals surface area contributed by atoms with Crippen molar-refractivity contribution in [1.29, 1.82) is 0 Å². The van der Waals surface area contributed by atoms with Crippen LogP contribution in [-0.4, -0.2) is 79.2 Å². The highest BCUT2D eigenvalue weighted by Crippen LogP contribution is 2.22. The Kier molecular flexibility index (Phi) is 8.74. The molecular formula is C28H35N3O5. The van der Waals surface area contributed by atoms with Gasteiger partial charge in [0.2, 0.25) is 0 Å². The van der Waals surface area contributed by atoms with Crippen LogP contribution in [-0.2, 0) is 16.0 Å². The molecule has 1 aliphatic heterocycles. The third-order valence-electron chi connectivity index (χ3n) is 6.25. The number of aliphatic hydroxyl groups excluding tert-OH is 1. The molecule has 0 saturated carbocycles. The van der Waals surface area contributed by atoms with Crippen LogP contribution in [0.2, 0.25) is 0 Å². The molecule has 1 saturated heterocycles. The molecule has 0 amide bonds. The van der Waals surface area contributed by atoms with Gasteiger partial charge in [-0.1, -0.05) is 24.3 Å². The molecule has 1 aromatic carbocycles. The van der Waals surface area contributed by atoms with E-state index in [0.717, 1.165) is 44.0 Å². The predicted octanol–water partition coefficient (Wildman–Crippen LogP) is 3.22. The van der Waals surface area contributed by atoms with Gasteiger partial charge in [-0.3, -0.25) is 4.90 Å². The van der Waals surface area contributed by atoms with E-state index >= 15 is 0 Å². The highest BCUT2D eigenvalue weighted by atomic mass is 16.5. The fourth-order valence-electron chi connectivity index (χ4n) is 4.32. The van der Waals surface area contributed by atoms with Crippen molar-refractivity contribution in [3.05, 3.63) is 77.5 Å². The maximum atomic E-state index is 12.5. The number of carbonyl (C=O) groups is 1. The summed E-state index contributed by atoms with van der Waals surface area (Å²) in [6.45, 7) is 8.30. The lowest BCUT2D eigenvalue weighted by molar-refractivity contribution is 0.0378. The van der Waals surface area contributed by atoms with Crippen LogP contribution in [0.3, 0.4) is 0 Å². The molecule has 8 nitrogen and oxygen atoms in total. The van der Waals surface area contributed by atoms with Gasteiger partial charge in [0.15, 0.2) is 0 Å². The van der Waals surface area contributed by atoms with Crippen molar-refractivity contribution in [2.75, 3.05) is 44.8 Å². The van der Waals surface area contributed by atoms with Crippen molar-refractivity contribution in [2.24, 2.45) is 0 Å². The van der Waals surface area contributed by atoms with Crippen molar-refractivity contribution in [3.63, 3.8) is 0 Å². The molecule has 2 unspecified atom stereocenters. The summed E-state index contributed by atoms with van der Waals surface area (Å²) >= 11 is 0. The SMILES string of the molecule is COC1C=C(COc2ccc(CN3CCN(c4ncccc4C(=O)OC(C)C)CC3)cc2)C=CC1O. The predicted molar refractivity (Wildman–Crippen MR) is 138 cm³/mol. The van der Waals surface area contributed by atoms with Crippen LogP contribution in [0.15, 0.2) is 66.4 Å². The van der Waals surface area contributed by atoms with Crippen LogP contribution < -0.4 is 9.64 Å². The second-order valence-corrected chi connectivity index (χ2v) is 9.32. The average Bonchev–Trinajstić information content (AvgIpc) is 2.89. The van der Waals surface area contributed by atoms with E-state index in [0.29, 0.717) is 18.0 Å². The zero-order valence-corrected chi connectivity index (χ0v) is 21.2. The molecule has 4 rings (SSSR count). The number of hydrogen-bond acceptors (Lipinski definition) is 8. The number of pyridine rings is 1. The van der Waals surface area contributed by atoms with Crippen molar-refractivity contribution < 1.29 is 24.1 Å². The number of aliphatic hydroxyl groups is 1. The normalized spacial score (nSPS) is 20.4. The van der Waals surface area contributed by atoms with Gasteiger partial charge in [0.05, 0.1) is 6.10 Å². The van der Waals surface area contributed by atoms with Crippen LogP contribution in [0, 0.1) is 0 Å². The monoisotopic (exact) mass is 493 g/mol. The standard InChI is InChI=1S/C28H35N3O5/c1-20(2)36-28(33)24-5-4-12-29-27(24)31-15-13-30(14-16-31)18-21-6-9-23(10-7-21)35-19-22-8-11-25(32)26(17-22)34-3/h4-12,17,20,25-26,32H,13-16,18-19H2,1-3H3. The Morgan fingerprint density at radius 2 is 1.89 bits per heavy atom. The topological polar surface area (TPSA) is 84.4 Å². The molecule has 1 fully saturated rings. The molecule has 2 aliphatic rings. The van der Waals surface area contributed by atoms with Gasteiger partial charge in [-0.05, 0) is 55.3 Å². The third kappa shape index (κ3) is 6.72. The highest BCUT2D eigenvalue weighted by molar-refractivity contribution is 5.94. The zero-order chi connectivity index (χ0) is 25.5. The average molecular weight is 494 g/mol. The molecule has 1 aliphatic carbocycles. The van der Waals surface area contributed by atoms with Gasteiger partial charge in [0.25, 0.3) is 0 Å². The first-order valence-corrected chi connectivity index (χ1v) is 12.4. The number of ether oxygens (including phenoxy) is 3. The lowest BCUT2D eigenvalue weighted by Crippen LogP contribution is -2.46. The van der Waals surface area contributed by atoms with Gasteiger partial charge in [-0.25, -0.2) is 9.78 Å². The number of benzene rings is 1. The van der Waals surface area contributed by atoms with Gasteiger partial charge >= 0.3 is 5.97 Å². The van der Waals surface area contributed by atoms with E-state index in [2.05, 4.69) is 26.9 Å². The van der Waals surface area contributed by atoms with Gasteiger partial charge < -0.3 is 24.2 Å². The number of rotatable bonds is 9. The molecule has 2 aromatic rings. The minimum atomic E-state index is -0.618. The molecule has 192 valence electrons. The molecule has 1 aromatic heterocycles. The van der Waals surface area contributed by atoms with Crippen molar-refractivity contribution >= 4 is 11.8 Å². The van der Waals surface area contributed by atoms with Gasteiger partial charge in [-0.2, -0.15) is 0 Å². The fourth-order valence-corrected chi connectivity index (χ4v) is 4.32. The summed E-state index contributed by atoms with van der Waals surface area (Å²) in [5.41, 5.74) is 2.71. The van der Waals surface area contributed by atoms with E-state index in [1.807, 2.05) is 38.1 Å². The van der Waals surface area contributed by atoms with E-state index in [9.17, 15) is 9.90 Å². The second kappa shape index (κ2) is 12.2. The first-order chi connectivity index (χ1) is 17.4. The molecule has 2 atom stereocenters. The van der Waals surface area contributed by atoms with Crippen molar-refractivity contribution in [1.82, 2.24) is 9.88 Å². The molecule has 0 bridgehead atoms. The summed E-state index contributed by atoms with van der Waals surface area (Å²) in [4.78, 5) is 21.5. The van der Waals surface area contributed by atoms with E-state index < -0.39 is 6.10 Å². The number of aromatic nitrogens is 1. The molecule has 36 heavy (non-hydrogen) atoms. The Labute approximate surface area is 212 Å². The van der Waals surface area contributed by atoms with Gasteiger partial charge in [0.1, 0.15) is 35.9 Å². The summed E-state index contributed by atoms with van der Waals surface area (Å²) in [7, 11) is 1.58. The first kappa shape index (κ1) is 25.9. The zero-order valence-electron chi connectivity index (χ0n) is 21.2. The molecule has 2 heterocycles. The minimum absolute atomic E-state index is 0.169. The Hall–Kier alpha value is -3.20. The smallest absolute Gasteiger partial charge is 0.342 e. The number of carbonyl (C=O) groups excluding carboxylic acids is 1. The summed E-state index contributed by atoms with van der Waals surface area (Å²) in [6, 6.07) is 11.7. The maximum absolute atomic E-state index is 12.5. The number of nitrogens with zero attached hydrogens (tertiary/aromatic N) is 3. The number of piperazine rings is 1. The Morgan fingerprint density at radius 3 is 2.58 bits per heavy atom. The van der Waals surface area contributed by atoms with Crippen molar-refractivity contribution in [2.45, 2.75) is 38.7 Å². The summed E-state index contributed by atoms with van der Waals surface area (Å²) in [5, 5.41) is 9.85.